The van der Waals surface area contributed by atoms with Crippen LogP contribution in [0.2, 0.25) is 0 Å². The lowest BCUT2D eigenvalue weighted by Gasteiger charge is -2.18. The number of aryl methyl sites for hydroxylation is 1. The van der Waals surface area contributed by atoms with Gasteiger partial charge in [0.15, 0.2) is 0 Å². The SMILES string of the molecule is COc1ccc(OC)c(C(C)NC(=O)c2cc(C)nc3onc(-c4ccc(F)cc4)c23)c1. The van der Waals surface area contributed by atoms with E-state index in [9.17, 15) is 9.18 Å². The maximum absolute atomic E-state index is 13.4. The fourth-order valence-corrected chi connectivity index (χ4v) is 3.59. The molecule has 32 heavy (non-hydrogen) atoms. The lowest BCUT2D eigenvalue weighted by Crippen LogP contribution is -2.27. The minimum atomic E-state index is -0.384. The Labute approximate surface area is 184 Å². The molecule has 1 amide bonds. The predicted molar refractivity (Wildman–Crippen MR) is 117 cm³/mol. The summed E-state index contributed by atoms with van der Waals surface area (Å²) in [5.74, 6) is 0.590. The van der Waals surface area contributed by atoms with Crippen molar-refractivity contribution in [1.82, 2.24) is 15.5 Å². The van der Waals surface area contributed by atoms with E-state index in [4.69, 9.17) is 14.0 Å². The van der Waals surface area contributed by atoms with Gasteiger partial charge in [-0.25, -0.2) is 9.37 Å². The highest BCUT2D eigenvalue weighted by Crippen LogP contribution is 2.32. The molecular weight excluding hydrogens is 413 g/mol. The summed E-state index contributed by atoms with van der Waals surface area (Å²) in [7, 11) is 3.15. The van der Waals surface area contributed by atoms with Crippen LogP contribution < -0.4 is 14.8 Å². The second kappa shape index (κ2) is 8.66. The van der Waals surface area contributed by atoms with E-state index in [1.807, 2.05) is 13.0 Å². The number of fused-ring (bicyclic) bond motifs is 1. The van der Waals surface area contributed by atoms with E-state index >= 15 is 0 Å². The molecule has 4 rings (SSSR count). The van der Waals surface area contributed by atoms with Crippen LogP contribution in [0, 0.1) is 12.7 Å². The van der Waals surface area contributed by atoms with Crippen LogP contribution in [0.5, 0.6) is 11.5 Å². The first kappa shape index (κ1) is 21.3. The van der Waals surface area contributed by atoms with Gasteiger partial charge in [0.2, 0.25) is 0 Å². The molecule has 0 radical (unpaired) electrons. The number of rotatable bonds is 6. The molecule has 164 valence electrons. The lowest BCUT2D eigenvalue weighted by atomic mass is 10.0. The van der Waals surface area contributed by atoms with E-state index in [1.54, 1.807) is 51.5 Å². The summed E-state index contributed by atoms with van der Waals surface area (Å²) in [5, 5.41) is 7.56. The number of nitrogens with zero attached hydrogens (tertiary/aromatic N) is 2. The first-order valence-corrected chi connectivity index (χ1v) is 9.97. The van der Waals surface area contributed by atoms with Gasteiger partial charge < -0.3 is 19.3 Å². The number of hydrogen-bond donors (Lipinski definition) is 1. The third-order valence-electron chi connectivity index (χ3n) is 5.19. The van der Waals surface area contributed by atoms with Gasteiger partial charge in [-0.2, -0.15) is 0 Å². The predicted octanol–water partition coefficient (Wildman–Crippen LogP) is 4.85. The van der Waals surface area contributed by atoms with Crippen LogP contribution in [0.1, 0.15) is 34.6 Å². The zero-order valence-electron chi connectivity index (χ0n) is 18.1. The molecule has 0 aliphatic heterocycles. The summed E-state index contributed by atoms with van der Waals surface area (Å²) in [6, 6.07) is 12.5. The number of carbonyl (C=O) groups excluding carboxylic acids is 1. The third kappa shape index (κ3) is 3.99. The van der Waals surface area contributed by atoms with Crippen molar-refractivity contribution in [3.8, 4) is 22.8 Å². The molecular formula is C24H22FN3O4. The molecule has 1 N–H and O–H groups in total. The zero-order chi connectivity index (χ0) is 22.8. The van der Waals surface area contributed by atoms with Crippen molar-refractivity contribution in [2.24, 2.45) is 0 Å². The number of nitrogens with one attached hydrogen (secondary N) is 1. The number of benzene rings is 2. The number of carbonyl (C=O) groups is 1. The molecule has 1 atom stereocenters. The van der Waals surface area contributed by atoms with Gasteiger partial charge in [-0.1, -0.05) is 5.16 Å². The number of halogens is 1. The Balaban J connectivity index is 1.74. The average molecular weight is 435 g/mol. The fraction of sp³-hybridized carbons (Fsp3) is 0.208. The number of hydrogen-bond acceptors (Lipinski definition) is 6. The molecule has 4 aromatic rings. The van der Waals surface area contributed by atoms with Gasteiger partial charge in [0, 0.05) is 16.8 Å². The van der Waals surface area contributed by atoms with E-state index in [1.165, 1.54) is 12.1 Å². The van der Waals surface area contributed by atoms with Gasteiger partial charge in [-0.05, 0) is 62.4 Å². The molecule has 0 saturated heterocycles. The Morgan fingerprint density at radius 2 is 1.84 bits per heavy atom. The number of ether oxygens (including phenoxy) is 2. The van der Waals surface area contributed by atoms with Gasteiger partial charge >= 0.3 is 0 Å². The van der Waals surface area contributed by atoms with Crippen LogP contribution >= 0.6 is 0 Å². The summed E-state index contributed by atoms with van der Waals surface area (Å²) in [4.78, 5) is 17.7. The van der Waals surface area contributed by atoms with Gasteiger partial charge in [-0.15, -0.1) is 0 Å². The van der Waals surface area contributed by atoms with E-state index in [-0.39, 0.29) is 23.5 Å². The average Bonchev–Trinajstić information content (AvgIpc) is 3.22. The number of amides is 1. The summed E-state index contributed by atoms with van der Waals surface area (Å²) < 4.78 is 29.5. The molecule has 0 bridgehead atoms. The third-order valence-corrected chi connectivity index (χ3v) is 5.19. The lowest BCUT2D eigenvalue weighted by molar-refractivity contribution is 0.0941. The molecule has 2 aromatic carbocycles. The molecule has 0 saturated carbocycles. The van der Waals surface area contributed by atoms with Gasteiger partial charge in [0.1, 0.15) is 23.0 Å². The van der Waals surface area contributed by atoms with E-state index < -0.39 is 0 Å². The van der Waals surface area contributed by atoms with Crippen molar-refractivity contribution in [1.29, 1.82) is 0 Å². The maximum atomic E-state index is 13.4. The van der Waals surface area contributed by atoms with Crippen molar-refractivity contribution < 1.29 is 23.2 Å². The Morgan fingerprint density at radius 3 is 2.53 bits per heavy atom. The molecule has 0 aliphatic rings. The Morgan fingerprint density at radius 1 is 1.09 bits per heavy atom. The van der Waals surface area contributed by atoms with Crippen molar-refractivity contribution in [3.05, 3.63) is 71.2 Å². The van der Waals surface area contributed by atoms with Crippen molar-refractivity contribution >= 4 is 17.0 Å². The minimum absolute atomic E-state index is 0.237. The second-order valence-corrected chi connectivity index (χ2v) is 7.33. The van der Waals surface area contributed by atoms with Crippen LogP contribution in [0.15, 0.2) is 53.1 Å². The molecule has 0 fully saturated rings. The van der Waals surface area contributed by atoms with Crippen LogP contribution in [0.4, 0.5) is 4.39 Å². The molecule has 2 heterocycles. The summed E-state index contributed by atoms with van der Waals surface area (Å²) in [6.07, 6.45) is 0. The Hall–Kier alpha value is -3.94. The molecule has 8 heteroatoms. The summed E-state index contributed by atoms with van der Waals surface area (Å²) in [5.41, 5.74) is 3.02. The van der Waals surface area contributed by atoms with E-state index in [2.05, 4.69) is 15.5 Å². The van der Waals surface area contributed by atoms with Crippen LogP contribution in [0.3, 0.4) is 0 Å². The van der Waals surface area contributed by atoms with Gasteiger partial charge in [0.25, 0.3) is 11.6 Å². The quantitative estimate of drug-likeness (QED) is 0.466. The Bertz CT molecular complexity index is 1280. The topological polar surface area (TPSA) is 86.5 Å². The van der Waals surface area contributed by atoms with Gasteiger partial charge in [-0.3, -0.25) is 4.79 Å². The zero-order valence-corrected chi connectivity index (χ0v) is 18.1. The van der Waals surface area contributed by atoms with Gasteiger partial charge in [0.05, 0.1) is 31.2 Å². The molecule has 0 spiro atoms. The summed E-state index contributed by atoms with van der Waals surface area (Å²) in [6.45, 7) is 3.62. The molecule has 2 aromatic heterocycles. The normalized spacial score (nSPS) is 11.9. The minimum Gasteiger partial charge on any atom is -0.497 e. The van der Waals surface area contributed by atoms with E-state index in [0.717, 1.165) is 5.56 Å². The van der Waals surface area contributed by atoms with Crippen LogP contribution in [0.25, 0.3) is 22.4 Å². The van der Waals surface area contributed by atoms with Crippen molar-refractivity contribution in [2.75, 3.05) is 14.2 Å². The summed E-state index contributed by atoms with van der Waals surface area (Å²) >= 11 is 0. The van der Waals surface area contributed by atoms with Crippen LogP contribution in [-0.4, -0.2) is 30.3 Å². The monoisotopic (exact) mass is 435 g/mol. The highest BCUT2D eigenvalue weighted by atomic mass is 19.1. The standard InChI is InChI=1S/C24H22FN3O4/c1-13-11-19(21-22(28-32-24(21)26-13)15-5-7-16(25)8-6-15)23(29)27-14(2)18-12-17(30-3)9-10-20(18)31-4/h5-12,14H,1-4H3,(H,27,29). The smallest absolute Gasteiger partial charge is 0.259 e. The highest BCUT2D eigenvalue weighted by Gasteiger charge is 2.23. The van der Waals surface area contributed by atoms with Crippen molar-refractivity contribution in [3.63, 3.8) is 0 Å². The maximum Gasteiger partial charge on any atom is 0.259 e. The van der Waals surface area contributed by atoms with Crippen LogP contribution in [-0.2, 0) is 0 Å². The largest absolute Gasteiger partial charge is 0.497 e. The molecule has 1 unspecified atom stereocenters. The number of pyridine rings is 1. The molecule has 7 nitrogen and oxygen atoms in total. The Kier molecular flexibility index (Phi) is 5.77. The molecule has 0 aliphatic carbocycles. The number of methoxy groups -OCH3 is 2. The fourth-order valence-electron chi connectivity index (χ4n) is 3.59. The number of aromatic nitrogens is 2. The van der Waals surface area contributed by atoms with E-state index in [0.29, 0.717) is 39.4 Å². The highest BCUT2D eigenvalue weighted by molar-refractivity contribution is 6.09. The first-order chi connectivity index (χ1) is 15.4. The first-order valence-electron chi connectivity index (χ1n) is 9.97. The van der Waals surface area contributed by atoms with Crippen molar-refractivity contribution in [2.45, 2.75) is 19.9 Å². The second-order valence-electron chi connectivity index (χ2n) is 7.33.